The van der Waals surface area contributed by atoms with Gasteiger partial charge in [0, 0.05) is 11.8 Å². The van der Waals surface area contributed by atoms with Crippen molar-refractivity contribution in [3.63, 3.8) is 0 Å². The lowest BCUT2D eigenvalue weighted by Crippen LogP contribution is -2.35. The summed E-state index contributed by atoms with van der Waals surface area (Å²) in [4.78, 5) is 29.2. The fraction of sp³-hybridized carbons (Fsp3) is 0.133. The van der Waals surface area contributed by atoms with Gasteiger partial charge < -0.3 is 4.90 Å². The Labute approximate surface area is 143 Å². The molecule has 0 aliphatic carbocycles. The number of halogens is 3. The molecule has 1 unspecified atom stereocenters. The molecule has 2 aromatic rings. The number of hydroxylamine groups is 2. The van der Waals surface area contributed by atoms with Gasteiger partial charge >= 0.3 is 0 Å². The van der Waals surface area contributed by atoms with Gasteiger partial charge in [-0.2, -0.15) is 5.06 Å². The van der Waals surface area contributed by atoms with E-state index in [-0.39, 0.29) is 0 Å². The summed E-state index contributed by atoms with van der Waals surface area (Å²) in [5.41, 5.74) is -0.422. The van der Waals surface area contributed by atoms with Crippen molar-refractivity contribution in [3.05, 3.63) is 63.9 Å². The molecule has 0 radical (unpaired) electrons. The number of benzene rings is 1. The predicted molar refractivity (Wildman–Crippen MR) is 80.7 cm³/mol. The molecule has 9 heteroatoms. The van der Waals surface area contributed by atoms with Gasteiger partial charge in [-0.25, -0.2) is 13.8 Å². The summed E-state index contributed by atoms with van der Waals surface area (Å²) in [5.74, 6) is -3.89. The third-order valence-corrected chi connectivity index (χ3v) is 4.01. The van der Waals surface area contributed by atoms with Crippen molar-refractivity contribution in [2.75, 3.05) is 6.54 Å². The van der Waals surface area contributed by atoms with Crippen molar-refractivity contribution < 1.29 is 23.6 Å². The smallest absolute Gasteiger partial charge is 0.267 e. The quantitative estimate of drug-likeness (QED) is 0.623. The molecule has 1 aromatic carbocycles. The number of carbonyl (C=O) groups excluding carboxylic acids is 2. The Morgan fingerprint density at radius 1 is 1.29 bits per heavy atom. The van der Waals surface area contributed by atoms with Crippen LogP contribution in [0.3, 0.4) is 0 Å². The van der Waals surface area contributed by atoms with E-state index in [1.165, 1.54) is 18.3 Å². The molecule has 1 aliphatic heterocycles. The summed E-state index contributed by atoms with van der Waals surface area (Å²) >= 11 is 3.15. The molecular formula is C15H10BrF2N3O3. The summed E-state index contributed by atoms with van der Waals surface area (Å²) in [6, 6.07) is 6.00. The summed E-state index contributed by atoms with van der Waals surface area (Å²) in [6.45, 7) is -0.506. The maximum atomic E-state index is 13.9. The van der Waals surface area contributed by atoms with Crippen LogP contribution < -0.4 is 0 Å². The Hall–Kier alpha value is -2.39. The van der Waals surface area contributed by atoms with E-state index >= 15 is 0 Å². The number of hydrogen-bond donors (Lipinski definition) is 1. The fourth-order valence-corrected chi connectivity index (χ4v) is 2.88. The zero-order chi connectivity index (χ0) is 17.4. The number of amides is 2. The molecule has 1 atom stereocenters. The highest BCUT2D eigenvalue weighted by Crippen LogP contribution is 2.32. The first-order valence-electron chi connectivity index (χ1n) is 6.77. The van der Waals surface area contributed by atoms with E-state index in [2.05, 4.69) is 20.9 Å². The monoisotopic (exact) mass is 397 g/mol. The van der Waals surface area contributed by atoms with E-state index in [1.54, 1.807) is 0 Å². The Morgan fingerprint density at radius 2 is 1.96 bits per heavy atom. The highest BCUT2D eigenvalue weighted by Gasteiger charge is 2.42. The average Bonchev–Trinajstić information content (AvgIpc) is 2.82. The molecule has 1 fully saturated rings. The minimum Gasteiger partial charge on any atom is -0.302 e. The van der Waals surface area contributed by atoms with Gasteiger partial charge in [0.1, 0.15) is 28.3 Å². The summed E-state index contributed by atoms with van der Waals surface area (Å²) < 4.78 is 28.2. The zero-order valence-corrected chi connectivity index (χ0v) is 13.6. The van der Waals surface area contributed by atoms with Crippen LogP contribution >= 0.6 is 15.9 Å². The Balaban J connectivity index is 2.05. The number of carbonyl (C=O) groups is 2. The first-order chi connectivity index (χ1) is 11.4. The topological polar surface area (TPSA) is 73.7 Å². The van der Waals surface area contributed by atoms with Gasteiger partial charge in [-0.1, -0.05) is 6.07 Å². The Morgan fingerprint density at radius 3 is 2.58 bits per heavy atom. The maximum Gasteiger partial charge on any atom is 0.267 e. The van der Waals surface area contributed by atoms with E-state index in [4.69, 9.17) is 0 Å². The van der Waals surface area contributed by atoms with Crippen molar-refractivity contribution in [2.24, 2.45) is 0 Å². The van der Waals surface area contributed by atoms with Crippen LogP contribution in [0.15, 0.2) is 41.1 Å². The van der Waals surface area contributed by atoms with Crippen LogP contribution in [0, 0.1) is 11.6 Å². The molecule has 1 saturated heterocycles. The van der Waals surface area contributed by atoms with E-state index in [1.807, 2.05) is 0 Å². The molecule has 2 amide bonds. The number of nitrogens with zero attached hydrogens (tertiary/aromatic N) is 3. The summed E-state index contributed by atoms with van der Waals surface area (Å²) in [5, 5.41) is 10.3. The molecule has 1 N–H and O–H groups in total. The molecule has 0 bridgehead atoms. The number of aromatic nitrogens is 1. The minimum atomic E-state index is -1.21. The largest absolute Gasteiger partial charge is 0.302 e. The van der Waals surface area contributed by atoms with Crippen LogP contribution in [0.4, 0.5) is 8.78 Å². The molecule has 3 rings (SSSR count). The van der Waals surface area contributed by atoms with Crippen LogP contribution in [0.25, 0.3) is 0 Å². The van der Waals surface area contributed by atoms with Crippen molar-refractivity contribution >= 4 is 27.7 Å². The maximum absolute atomic E-state index is 13.9. The molecule has 6 nitrogen and oxygen atoms in total. The number of rotatable bonds is 2. The third-order valence-electron chi connectivity index (χ3n) is 3.57. The fourth-order valence-electron chi connectivity index (χ4n) is 2.50. The summed E-state index contributed by atoms with van der Waals surface area (Å²) in [7, 11) is 0. The second-order valence-corrected chi connectivity index (χ2v) is 5.87. The summed E-state index contributed by atoms with van der Waals surface area (Å²) in [6.07, 6.45) is 0.200. The van der Waals surface area contributed by atoms with E-state index < -0.39 is 41.7 Å². The van der Waals surface area contributed by atoms with Crippen LogP contribution in [0.2, 0.25) is 0 Å². The lowest BCUT2D eigenvalue weighted by atomic mass is 10.1. The van der Waals surface area contributed by atoms with Crippen molar-refractivity contribution in [1.82, 2.24) is 14.9 Å². The Kier molecular flexibility index (Phi) is 4.29. The molecule has 0 spiro atoms. The van der Waals surface area contributed by atoms with Crippen LogP contribution in [0.5, 0.6) is 0 Å². The molecule has 124 valence electrons. The van der Waals surface area contributed by atoms with Crippen LogP contribution in [-0.2, 0) is 4.79 Å². The molecular weight excluding hydrogens is 388 g/mol. The van der Waals surface area contributed by atoms with Crippen LogP contribution in [-0.4, -0.2) is 38.5 Å². The molecule has 1 aromatic heterocycles. The van der Waals surface area contributed by atoms with Crippen LogP contribution in [0.1, 0.15) is 22.1 Å². The lowest BCUT2D eigenvalue weighted by molar-refractivity contribution is -0.168. The first-order valence-corrected chi connectivity index (χ1v) is 7.57. The second-order valence-electron chi connectivity index (χ2n) is 5.05. The molecule has 24 heavy (non-hydrogen) atoms. The standard InChI is InChI=1S/C15H10BrF2N3O3/c16-11-6-8(4-5-19-11)14-20(7-12(22)21(14)24)15(23)13-9(17)2-1-3-10(13)18/h1-6,14,24H,7H2. The van der Waals surface area contributed by atoms with Gasteiger partial charge in [-0.15, -0.1) is 0 Å². The minimum absolute atomic E-state index is 0.357. The van der Waals surface area contributed by atoms with Gasteiger partial charge in [-0.05, 0) is 40.2 Å². The molecule has 1 aliphatic rings. The second kappa shape index (κ2) is 6.25. The van der Waals surface area contributed by atoms with E-state index in [0.717, 1.165) is 23.1 Å². The molecule has 2 heterocycles. The van der Waals surface area contributed by atoms with E-state index in [0.29, 0.717) is 15.2 Å². The van der Waals surface area contributed by atoms with Gasteiger partial charge in [-0.3, -0.25) is 14.8 Å². The van der Waals surface area contributed by atoms with Crippen molar-refractivity contribution in [2.45, 2.75) is 6.17 Å². The van der Waals surface area contributed by atoms with Gasteiger partial charge in [0.25, 0.3) is 11.8 Å². The number of hydrogen-bond acceptors (Lipinski definition) is 4. The van der Waals surface area contributed by atoms with E-state index in [9.17, 15) is 23.6 Å². The predicted octanol–water partition coefficient (Wildman–Crippen LogP) is 2.49. The highest BCUT2D eigenvalue weighted by molar-refractivity contribution is 9.10. The average molecular weight is 398 g/mol. The number of pyridine rings is 1. The highest BCUT2D eigenvalue weighted by atomic mass is 79.9. The molecule has 0 saturated carbocycles. The van der Waals surface area contributed by atoms with Gasteiger partial charge in [0.2, 0.25) is 0 Å². The first kappa shape index (κ1) is 16.5. The van der Waals surface area contributed by atoms with Crippen molar-refractivity contribution in [3.8, 4) is 0 Å². The van der Waals surface area contributed by atoms with Gasteiger partial charge in [0.05, 0.1) is 0 Å². The lowest BCUT2D eigenvalue weighted by Gasteiger charge is -2.26. The zero-order valence-electron chi connectivity index (χ0n) is 12.0. The normalized spacial score (nSPS) is 17.5. The van der Waals surface area contributed by atoms with Crippen molar-refractivity contribution in [1.29, 1.82) is 0 Å². The SMILES string of the molecule is O=C1CN(C(=O)c2c(F)cccc2F)C(c2ccnc(Br)c2)N1O. The van der Waals surface area contributed by atoms with Gasteiger partial charge in [0.15, 0.2) is 6.17 Å². The Bertz CT molecular complexity index is 813. The third kappa shape index (κ3) is 2.76.